The minimum atomic E-state index is 0.380. The number of azide groups is 1. The first-order valence-corrected chi connectivity index (χ1v) is 3.91. The Morgan fingerprint density at radius 1 is 1.77 bits per heavy atom. The van der Waals surface area contributed by atoms with Crippen LogP contribution in [0.2, 0.25) is 0 Å². The van der Waals surface area contributed by atoms with Crippen LogP contribution in [0.25, 0.3) is 16.5 Å². The molecule has 0 saturated heterocycles. The van der Waals surface area contributed by atoms with Crippen LogP contribution in [0.3, 0.4) is 0 Å². The zero-order valence-corrected chi connectivity index (χ0v) is 7.68. The number of aromatic nitrogens is 2. The molecule has 0 saturated carbocycles. The van der Waals surface area contributed by atoms with E-state index in [-0.39, 0.29) is 0 Å². The van der Waals surface area contributed by atoms with Gasteiger partial charge < -0.3 is 0 Å². The summed E-state index contributed by atoms with van der Waals surface area (Å²) >= 11 is 0. The summed E-state index contributed by atoms with van der Waals surface area (Å²) in [7, 11) is 1.89. The van der Waals surface area contributed by atoms with Crippen LogP contribution in [-0.2, 0) is 7.05 Å². The molecule has 5 nitrogen and oxygen atoms in total. The van der Waals surface area contributed by atoms with E-state index < -0.39 is 0 Å². The molecule has 13 heavy (non-hydrogen) atoms. The van der Waals surface area contributed by atoms with Crippen molar-refractivity contribution in [1.29, 1.82) is 0 Å². The van der Waals surface area contributed by atoms with E-state index in [2.05, 4.69) is 15.1 Å². The summed E-state index contributed by atoms with van der Waals surface area (Å²) in [6.45, 7) is 2.37. The third-order valence-corrected chi connectivity index (χ3v) is 1.82. The van der Waals surface area contributed by atoms with Crippen LogP contribution >= 0.6 is 0 Å². The SMILES string of the molecule is Cc1c(C=CCN=[N+]=[N-])cnn1C. The van der Waals surface area contributed by atoms with Gasteiger partial charge in [-0.1, -0.05) is 17.3 Å². The Kier molecular flexibility index (Phi) is 3.11. The first-order valence-electron chi connectivity index (χ1n) is 3.91. The van der Waals surface area contributed by atoms with E-state index in [1.54, 1.807) is 10.9 Å². The van der Waals surface area contributed by atoms with Crippen molar-refractivity contribution in [3.63, 3.8) is 0 Å². The van der Waals surface area contributed by atoms with Crippen molar-refractivity contribution in [3.8, 4) is 0 Å². The fraction of sp³-hybridized carbons (Fsp3) is 0.375. The fourth-order valence-corrected chi connectivity index (χ4v) is 0.943. The molecule has 0 aliphatic heterocycles. The third kappa shape index (κ3) is 2.35. The molecule has 68 valence electrons. The van der Waals surface area contributed by atoms with Crippen molar-refractivity contribution in [2.24, 2.45) is 12.2 Å². The van der Waals surface area contributed by atoms with E-state index >= 15 is 0 Å². The Labute approximate surface area is 76.3 Å². The molecule has 1 heterocycles. The maximum atomic E-state index is 8.03. The lowest BCUT2D eigenvalue weighted by molar-refractivity contribution is 0.740. The first kappa shape index (κ1) is 9.35. The lowest BCUT2D eigenvalue weighted by Gasteiger charge is -1.92. The van der Waals surface area contributed by atoms with Crippen molar-refractivity contribution < 1.29 is 0 Å². The Morgan fingerprint density at radius 2 is 2.54 bits per heavy atom. The van der Waals surface area contributed by atoms with Gasteiger partial charge in [-0.05, 0) is 12.5 Å². The standard InChI is InChI=1S/C8H11N5/c1-7-8(6-11-13(7)2)4-3-5-10-12-9/h3-4,6H,5H2,1-2H3. The molecule has 0 spiro atoms. The van der Waals surface area contributed by atoms with E-state index in [4.69, 9.17) is 5.53 Å². The molecule has 1 aromatic heterocycles. The molecule has 0 radical (unpaired) electrons. The van der Waals surface area contributed by atoms with E-state index in [0.717, 1.165) is 11.3 Å². The lowest BCUT2D eigenvalue weighted by Crippen LogP contribution is -1.92. The molecule has 0 aromatic carbocycles. The molecule has 1 rings (SSSR count). The molecule has 0 atom stereocenters. The highest BCUT2D eigenvalue weighted by Crippen LogP contribution is 2.07. The van der Waals surface area contributed by atoms with Crippen molar-refractivity contribution in [2.45, 2.75) is 6.92 Å². The molecule has 0 fully saturated rings. The Balaban J connectivity index is 2.68. The van der Waals surface area contributed by atoms with E-state index in [0.29, 0.717) is 6.54 Å². The fourth-order valence-electron chi connectivity index (χ4n) is 0.943. The van der Waals surface area contributed by atoms with Crippen LogP contribution in [0, 0.1) is 6.92 Å². The number of rotatable bonds is 3. The summed E-state index contributed by atoms with van der Waals surface area (Å²) in [5.74, 6) is 0. The molecule has 1 aromatic rings. The first-order chi connectivity index (χ1) is 6.25. The summed E-state index contributed by atoms with van der Waals surface area (Å²) in [4.78, 5) is 2.65. The highest BCUT2D eigenvalue weighted by molar-refractivity contribution is 5.50. The van der Waals surface area contributed by atoms with E-state index in [1.165, 1.54) is 0 Å². The Bertz CT molecular complexity index is 357. The normalized spacial score (nSPS) is 10.3. The number of nitrogens with zero attached hydrogens (tertiary/aromatic N) is 5. The Hall–Kier alpha value is -1.74. The number of hydrogen-bond acceptors (Lipinski definition) is 2. The summed E-state index contributed by atoms with van der Waals surface area (Å²) in [5, 5.41) is 7.47. The molecule has 0 aliphatic carbocycles. The van der Waals surface area contributed by atoms with Gasteiger partial charge in [0.1, 0.15) is 0 Å². The van der Waals surface area contributed by atoms with Crippen molar-refractivity contribution in [2.75, 3.05) is 6.54 Å². The minimum absolute atomic E-state index is 0.380. The Morgan fingerprint density at radius 3 is 3.08 bits per heavy atom. The summed E-state index contributed by atoms with van der Waals surface area (Å²) in [6.07, 6.45) is 5.49. The molecular weight excluding hydrogens is 166 g/mol. The van der Waals surface area contributed by atoms with Crippen LogP contribution in [0.5, 0.6) is 0 Å². The maximum Gasteiger partial charge on any atom is 0.0564 e. The predicted molar refractivity (Wildman–Crippen MR) is 51.0 cm³/mol. The smallest absolute Gasteiger partial charge is 0.0564 e. The molecule has 0 N–H and O–H groups in total. The second kappa shape index (κ2) is 4.33. The van der Waals surface area contributed by atoms with Crippen LogP contribution < -0.4 is 0 Å². The van der Waals surface area contributed by atoms with Crippen LogP contribution in [-0.4, -0.2) is 16.3 Å². The maximum absolute atomic E-state index is 8.03. The summed E-state index contributed by atoms with van der Waals surface area (Å²) in [5.41, 5.74) is 10.2. The quantitative estimate of drug-likeness (QED) is 0.396. The predicted octanol–water partition coefficient (Wildman–Crippen LogP) is 2.05. The minimum Gasteiger partial charge on any atom is -0.272 e. The van der Waals surface area contributed by atoms with Crippen LogP contribution in [0.1, 0.15) is 11.3 Å². The van der Waals surface area contributed by atoms with Gasteiger partial charge in [0.25, 0.3) is 0 Å². The number of aryl methyl sites for hydroxylation is 1. The molecule has 0 aliphatic rings. The van der Waals surface area contributed by atoms with Gasteiger partial charge in [-0.2, -0.15) is 5.10 Å². The van der Waals surface area contributed by atoms with Gasteiger partial charge in [-0.25, -0.2) is 0 Å². The highest BCUT2D eigenvalue weighted by atomic mass is 15.3. The van der Waals surface area contributed by atoms with Gasteiger partial charge in [0.15, 0.2) is 0 Å². The van der Waals surface area contributed by atoms with Gasteiger partial charge in [0.2, 0.25) is 0 Å². The zero-order chi connectivity index (χ0) is 9.68. The van der Waals surface area contributed by atoms with E-state index in [9.17, 15) is 0 Å². The summed E-state index contributed by atoms with van der Waals surface area (Å²) in [6, 6.07) is 0. The third-order valence-electron chi connectivity index (χ3n) is 1.82. The van der Waals surface area contributed by atoms with E-state index in [1.807, 2.05) is 26.1 Å². The molecule has 5 heteroatoms. The van der Waals surface area contributed by atoms with Crippen molar-refractivity contribution >= 4 is 6.08 Å². The largest absolute Gasteiger partial charge is 0.272 e. The topological polar surface area (TPSA) is 66.6 Å². The number of hydrogen-bond donors (Lipinski definition) is 0. The van der Waals surface area contributed by atoms with Gasteiger partial charge in [0.05, 0.1) is 6.20 Å². The van der Waals surface area contributed by atoms with Gasteiger partial charge in [0, 0.05) is 29.8 Å². The van der Waals surface area contributed by atoms with Crippen molar-refractivity contribution in [3.05, 3.63) is 34.0 Å². The lowest BCUT2D eigenvalue weighted by atomic mass is 10.2. The second-order valence-electron chi connectivity index (χ2n) is 2.62. The summed E-state index contributed by atoms with van der Waals surface area (Å²) < 4.78 is 1.80. The van der Waals surface area contributed by atoms with Crippen molar-refractivity contribution in [1.82, 2.24) is 9.78 Å². The molecule has 0 unspecified atom stereocenters. The highest BCUT2D eigenvalue weighted by Gasteiger charge is 1.97. The second-order valence-corrected chi connectivity index (χ2v) is 2.62. The van der Waals surface area contributed by atoms with Gasteiger partial charge >= 0.3 is 0 Å². The average Bonchev–Trinajstić information content (AvgIpc) is 2.43. The van der Waals surface area contributed by atoms with Gasteiger partial charge in [-0.3, -0.25) is 4.68 Å². The molecule has 0 bridgehead atoms. The molecular formula is C8H11N5. The van der Waals surface area contributed by atoms with Gasteiger partial charge in [-0.15, -0.1) is 0 Å². The zero-order valence-electron chi connectivity index (χ0n) is 7.68. The molecule has 0 amide bonds. The van der Waals surface area contributed by atoms with Crippen LogP contribution in [0.4, 0.5) is 0 Å². The van der Waals surface area contributed by atoms with Crippen LogP contribution in [0.15, 0.2) is 17.4 Å². The monoisotopic (exact) mass is 177 g/mol. The average molecular weight is 177 g/mol.